The summed E-state index contributed by atoms with van der Waals surface area (Å²) in [7, 11) is 0. The summed E-state index contributed by atoms with van der Waals surface area (Å²) in [5.41, 5.74) is 0.137. The van der Waals surface area contributed by atoms with Gasteiger partial charge in [-0.1, -0.05) is 31.4 Å². The summed E-state index contributed by atoms with van der Waals surface area (Å²) in [4.78, 5) is 47.7. The monoisotopic (exact) mass is 354 g/mol. The highest BCUT2D eigenvalue weighted by Crippen LogP contribution is 2.24. The lowest BCUT2D eigenvalue weighted by Gasteiger charge is -2.40. The Hall–Kier alpha value is -2.70. The SMILES string of the molecule is O=C(c1nc2ccccc2c(=O)[nH]1)N1CCN(C2CCCCC2)C(=O)C1. The number of nitrogens with zero attached hydrogens (tertiary/aromatic N) is 3. The molecule has 1 aromatic heterocycles. The maximum atomic E-state index is 12.7. The van der Waals surface area contributed by atoms with Crippen LogP contribution >= 0.6 is 0 Å². The van der Waals surface area contributed by atoms with Crippen LogP contribution in [0.4, 0.5) is 0 Å². The summed E-state index contributed by atoms with van der Waals surface area (Å²) >= 11 is 0. The van der Waals surface area contributed by atoms with Gasteiger partial charge in [0.2, 0.25) is 5.91 Å². The smallest absolute Gasteiger partial charge is 0.290 e. The minimum absolute atomic E-state index is 0.00684. The summed E-state index contributed by atoms with van der Waals surface area (Å²) in [5.74, 6) is -0.420. The van der Waals surface area contributed by atoms with Crippen LogP contribution in [0.1, 0.15) is 42.7 Å². The molecule has 1 aliphatic carbocycles. The van der Waals surface area contributed by atoms with Crippen molar-refractivity contribution in [3.63, 3.8) is 0 Å². The molecule has 1 saturated heterocycles. The van der Waals surface area contributed by atoms with E-state index in [4.69, 9.17) is 0 Å². The zero-order valence-electron chi connectivity index (χ0n) is 14.6. The molecule has 0 spiro atoms. The molecule has 1 aliphatic heterocycles. The maximum absolute atomic E-state index is 12.7. The Morgan fingerprint density at radius 3 is 2.62 bits per heavy atom. The lowest BCUT2D eigenvalue weighted by Crippen LogP contribution is -2.56. The van der Waals surface area contributed by atoms with Crippen LogP contribution in [0, 0.1) is 0 Å². The first kappa shape index (κ1) is 16.8. The van der Waals surface area contributed by atoms with Crippen molar-refractivity contribution in [2.75, 3.05) is 19.6 Å². The molecule has 0 unspecified atom stereocenters. The average molecular weight is 354 g/mol. The molecule has 2 aromatic rings. The molecule has 0 atom stereocenters. The number of fused-ring (bicyclic) bond motifs is 1. The first-order valence-corrected chi connectivity index (χ1v) is 9.21. The molecule has 0 radical (unpaired) electrons. The summed E-state index contributed by atoms with van der Waals surface area (Å²) in [6, 6.07) is 7.21. The zero-order valence-corrected chi connectivity index (χ0v) is 14.6. The molecule has 1 saturated carbocycles. The third-order valence-electron chi connectivity index (χ3n) is 5.38. The second-order valence-corrected chi connectivity index (χ2v) is 7.04. The van der Waals surface area contributed by atoms with Crippen molar-refractivity contribution in [2.45, 2.75) is 38.1 Å². The number of hydrogen-bond acceptors (Lipinski definition) is 4. The number of aromatic nitrogens is 2. The summed E-state index contributed by atoms with van der Waals surface area (Å²) < 4.78 is 0. The summed E-state index contributed by atoms with van der Waals surface area (Å²) in [6.07, 6.45) is 5.68. The number of piperazine rings is 1. The van der Waals surface area contributed by atoms with Gasteiger partial charge in [0.25, 0.3) is 11.5 Å². The first-order chi connectivity index (χ1) is 12.6. The Balaban J connectivity index is 1.51. The number of hydrogen-bond donors (Lipinski definition) is 1. The van der Waals surface area contributed by atoms with Gasteiger partial charge >= 0.3 is 0 Å². The van der Waals surface area contributed by atoms with Crippen LogP contribution in [0.3, 0.4) is 0 Å². The number of benzene rings is 1. The van der Waals surface area contributed by atoms with Crippen LogP contribution in [0.5, 0.6) is 0 Å². The van der Waals surface area contributed by atoms with E-state index >= 15 is 0 Å². The summed E-state index contributed by atoms with van der Waals surface area (Å²) in [5, 5.41) is 0.447. The van der Waals surface area contributed by atoms with Crippen LogP contribution in [0.2, 0.25) is 0 Å². The van der Waals surface area contributed by atoms with E-state index in [2.05, 4.69) is 9.97 Å². The number of amides is 2. The van der Waals surface area contributed by atoms with Crippen LogP contribution in [-0.4, -0.2) is 57.3 Å². The topological polar surface area (TPSA) is 86.4 Å². The van der Waals surface area contributed by atoms with E-state index in [9.17, 15) is 14.4 Å². The van der Waals surface area contributed by atoms with Crippen molar-refractivity contribution in [3.8, 4) is 0 Å². The number of rotatable bonds is 2. The Labute approximate surface area is 151 Å². The lowest BCUT2D eigenvalue weighted by molar-refractivity contribution is -0.138. The number of aromatic amines is 1. The van der Waals surface area contributed by atoms with Gasteiger partial charge in [-0.3, -0.25) is 14.4 Å². The molecule has 2 aliphatic rings. The van der Waals surface area contributed by atoms with Crippen LogP contribution in [0.25, 0.3) is 10.9 Å². The van der Waals surface area contributed by atoms with Gasteiger partial charge in [-0.05, 0) is 25.0 Å². The number of carbonyl (C=O) groups excluding carboxylic acids is 2. The molecule has 1 aromatic carbocycles. The third kappa shape index (κ3) is 3.09. The molecule has 2 fully saturated rings. The minimum atomic E-state index is -0.399. The Morgan fingerprint density at radius 2 is 1.85 bits per heavy atom. The standard InChI is InChI=1S/C19H22N4O3/c24-16-12-22(10-11-23(16)13-6-2-1-3-7-13)19(26)17-20-15-9-5-4-8-14(15)18(25)21-17/h4-5,8-9,13H,1-3,6-7,10-12H2,(H,20,21,25). The lowest BCUT2D eigenvalue weighted by atomic mass is 9.93. The molecule has 7 nitrogen and oxygen atoms in total. The van der Waals surface area contributed by atoms with Crippen molar-refractivity contribution in [2.24, 2.45) is 0 Å². The zero-order chi connectivity index (χ0) is 18.1. The predicted molar refractivity (Wildman–Crippen MR) is 96.9 cm³/mol. The quantitative estimate of drug-likeness (QED) is 0.886. The normalized spacial score (nSPS) is 19.2. The van der Waals surface area contributed by atoms with E-state index in [1.807, 2.05) is 4.90 Å². The molecule has 26 heavy (non-hydrogen) atoms. The van der Waals surface area contributed by atoms with Gasteiger partial charge in [-0.2, -0.15) is 0 Å². The van der Waals surface area contributed by atoms with Crippen LogP contribution in [-0.2, 0) is 4.79 Å². The molecule has 2 heterocycles. The van der Waals surface area contributed by atoms with Crippen molar-refractivity contribution in [1.29, 1.82) is 0 Å². The molecule has 2 amide bonds. The second-order valence-electron chi connectivity index (χ2n) is 7.04. The highest BCUT2D eigenvalue weighted by molar-refractivity contribution is 5.95. The predicted octanol–water partition coefficient (Wildman–Crippen LogP) is 1.54. The van der Waals surface area contributed by atoms with Crippen LogP contribution < -0.4 is 5.56 Å². The Kier molecular flexibility index (Phi) is 4.44. The third-order valence-corrected chi connectivity index (χ3v) is 5.38. The Bertz CT molecular complexity index is 901. The highest BCUT2D eigenvalue weighted by Gasteiger charge is 2.33. The van der Waals surface area contributed by atoms with E-state index in [-0.39, 0.29) is 23.8 Å². The van der Waals surface area contributed by atoms with E-state index < -0.39 is 5.91 Å². The van der Waals surface area contributed by atoms with Gasteiger partial charge in [0, 0.05) is 19.1 Å². The van der Waals surface area contributed by atoms with E-state index in [1.54, 1.807) is 24.3 Å². The number of H-pyrrole nitrogens is 1. The molecule has 1 N–H and O–H groups in total. The molecular weight excluding hydrogens is 332 g/mol. The number of nitrogens with one attached hydrogen (secondary N) is 1. The molecule has 7 heteroatoms. The fraction of sp³-hybridized carbons (Fsp3) is 0.474. The van der Waals surface area contributed by atoms with E-state index in [0.717, 1.165) is 12.8 Å². The van der Waals surface area contributed by atoms with E-state index in [0.29, 0.717) is 30.0 Å². The largest absolute Gasteiger partial charge is 0.336 e. The first-order valence-electron chi connectivity index (χ1n) is 9.21. The average Bonchev–Trinajstić information content (AvgIpc) is 2.68. The minimum Gasteiger partial charge on any atom is -0.336 e. The molecular formula is C19H22N4O3. The van der Waals surface area contributed by atoms with Gasteiger partial charge in [0.05, 0.1) is 10.9 Å². The van der Waals surface area contributed by atoms with Crippen molar-refractivity contribution in [3.05, 3.63) is 40.4 Å². The number of para-hydroxylation sites is 1. The van der Waals surface area contributed by atoms with Gasteiger partial charge in [0.15, 0.2) is 5.82 Å². The highest BCUT2D eigenvalue weighted by atomic mass is 16.2. The van der Waals surface area contributed by atoms with Gasteiger partial charge < -0.3 is 14.8 Å². The van der Waals surface area contributed by atoms with E-state index in [1.165, 1.54) is 24.2 Å². The van der Waals surface area contributed by atoms with Gasteiger partial charge in [0.1, 0.15) is 6.54 Å². The second kappa shape index (κ2) is 6.90. The van der Waals surface area contributed by atoms with Crippen molar-refractivity contribution < 1.29 is 9.59 Å². The molecule has 4 rings (SSSR count). The summed E-state index contributed by atoms with van der Waals surface area (Å²) in [6.45, 7) is 1.07. The molecule has 0 bridgehead atoms. The molecule has 136 valence electrons. The Morgan fingerprint density at radius 1 is 1.08 bits per heavy atom. The fourth-order valence-electron chi connectivity index (χ4n) is 3.98. The van der Waals surface area contributed by atoms with Crippen LogP contribution in [0.15, 0.2) is 29.1 Å². The fourth-order valence-corrected chi connectivity index (χ4v) is 3.98. The number of carbonyl (C=O) groups is 2. The van der Waals surface area contributed by atoms with Crippen molar-refractivity contribution in [1.82, 2.24) is 19.8 Å². The van der Waals surface area contributed by atoms with Gasteiger partial charge in [-0.25, -0.2) is 4.98 Å². The maximum Gasteiger partial charge on any atom is 0.290 e. The van der Waals surface area contributed by atoms with Crippen molar-refractivity contribution >= 4 is 22.7 Å². The van der Waals surface area contributed by atoms with Gasteiger partial charge in [-0.15, -0.1) is 0 Å².